The zero-order chi connectivity index (χ0) is 24.7. The van der Waals surface area contributed by atoms with Crippen LogP contribution in [0.2, 0.25) is 5.02 Å². The van der Waals surface area contributed by atoms with Crippen LogP contribution in [0.4, 0.5) is 0 Å². The minimum atomic E-state index is -1.06. The summed E-state index contributed by atoms with van der Waals surface area (Å²) in [5, 5.41) is 15.3. The van der Waals surface area contributed by atoms with Crippen LogP contribution in [0.1, 0.15) is 71.8 Å². The van der Waals surface area contributed by atoms with Crippen molar-refractivity contribution in [2.24, 2.45) is 17.3 Å². The third kappa shape index (κ3) is 4.87. The van der Waals surface area contributed by atoms with Crippen LogP contribution in [0.25, 0.3) is 0 Å². The number of nitrogens with one attached hydrogen (secondary N) is 1. The summed E-state index contributed by atoms with van der Waals surface area (Å²) < 4.78 is 5.78. The van der Waals surface area contributed by atoms with Crippen LogP contribution in [0, 0.1) is 17.3 Å². The maximum atomic E-state index is 13.5. The number of ether oxygens (including phenoxy) is 1. The van der Waals surface area contributed by atoms with Crippen molar-refractivity contribution in [2.75, 3.05) is 19.7 Å². The number of hydrogen-bond acceptors (Lipinski definition) is 4. The molecule has 0 radical (unpaired) electrons. The van der Waals surface area contributed by atoms with Crippen molar-refractivity contribution in [1.29, 1.82) is 0 Å². The molecule has 2 N–H and O–H groups in total. The highest BCUT2D eigenvalue weighted by Crippen LogP contribution is 2.47. The molecule has 4 atom stereocenters. The van der Waals surface area contributed by atoms with Gasteiger partial charge in [0.15, 0.2) is 0 Å². The molecule has 6 nitrogen and oxygen atoms in total. The van der Waals surface area contributed by atoms with Gasteiger partial charge in [0.2, 0.25) is 11.8 Å². The Kier molecular flexibility index (Phi) is 7.07. The minimum Gasteiger partial charge on any atom is -0.384 e. The largest absolute Gasteiger partial charge is 0.384 e. The molecule has 7 heteroatoms. The Balaban J connectivity index is 1.39. The zero-order valence-corrected chi connectivity index (χ0v) is 21.7. The minimum absolute atomic E-state index is 0.0263. The molecule has 1 saturated carbocycles. The summed E-state index contributed by atoms with van der Waals surface area (Å²) in [6, 6.07) is 6.73. The fourth-order valence-corrected chi connectivity index (χ4v) is 6.22. The van der Waals surface area contributed by atoms with Crippen molar-refractivity contribution >= 4 is 23.4 Å². The van der Waals surface area contributed by atoms with E-state index in [9.17, 15) is 14.7 Å². The van der Waals surface area contributed by atoms with Crippen molar-refractivity contribution in [3.8, 4) is 0 Å². The lowest BCUT2D eigenvalue weighted by atomic mass is 9.66. The molecule has 34 heavy (non-hydrogen) atoms. The lowest BCUT2D eigenvalue weighted by molar-refractivity contribution is -0.157. The fourth-order valence-electron chi connectivity index (χ4n) is 6.10. The number of benzene rings is 1. The van der Waals surface area contributed by atoms with E-state index in [1.54, 1.807) is 12.1 Å². The first kappa shape index (κ1) is 25.5. The third-order valence-corrected chi connectivity index (χ3v) is 8.69. The molecule has 1 aliphatic carbocycles. The van der Waals surface area contributed by atoms with Crippen molar-refractivity contribution in [1.82, 2.24) is 10.2 Å². The lowest BCUT2D eigenvalue weighted by Gasteiger charge is -2.51. The van der Waals surface area contributed by atoms with Gasteiger partial charge in [0.25, 0.3) is 0 Å². The van der Waals surface area contributed by atoms with E-state index < -0.39 is 17.1 Å². The second-order valence-corrected chi connectivity index (χ2v) is 12.1. The van der Waals surface area contributed by atoms with Crippen molar-refractivity contribution < 1.29 is 19.4 Å². The van der Waals surface area contributed by atoms with Gasteiger partial charge in [0.05, 0.1) is 17.8 Å². The van der Waals surface area contributed by atoms with E-state index >= 15 is 0 Å². The van der Waals surface area contributed by atoms with Crippen LogP contribution in [-0.2, 0) is 19.9 Å². The first-order valence-corrected chi connectivity index (χ1v) is 13.0. The number of nitrogens with zero attached hydrogens (tertiary/aromatic N) is 1. The van der Waals surface area contributed by atoms with E-state index in [-0.39, 0.29) is 23.3 Å². The molecule has 2 saturated heterocycles. The first-order chi connectivity index (χ1) is 15.9. The molecule has 2 amide bonds. The Hall–Kier alpha value is -1.63. The Morgan fingerprint density at radius 2 is 1.88 bits per heavy atom. The van der Waals surface area contributed by atoms with Gasteiger partial charge in [-0.25, -0.2) is 0 Å². The summed E-state index contributed by atoms with van der Waals surface area (Å²) in [6.45, 7) is 9.59. The van der Waals surface area contributed by atoms with Crippen LogP contribution in [0.5, 0.6) is 0 Å². The highest BCUT2D eigenvalue weighted by atomic mass is 35.5. The summed E-state index contributed by atoms with van der Waals surface area (Å²) in [6.07, 6.45) is 4.98. The number of carbonyl (C=O) groups excluding carboxylic acids is 2. The Bertz CT molecular complexity index is 912. The van der Waals surface area contributed by atoms with Crippen LogP contribution in [0.15, 0.2) is 24.3 Å². The summed E-state index contributed by atoms with van der Waals surface area (Å²) in [5.41, 5.74) is -0.792. The van der Waals surface area contributed by atoms with Crippen LogP contribution in [0.3, 0.4) is 0 Å². The molecule has 3 fully saturated rings. The molecule has 3 aliphatic rings. The number of aliphatic hydroxyl groups is 1. The van der Waals surface area contributed by atoms with Gasteiger partial charge in [-0.15, -0.1) is 0 Å². The Morgan fingerprint density at radius 3 is 2.41 bits per heavy atom. The van der Waals surface area contributed by atoms with Crippen LogP contribution < -0.4 is 5.32 Å². The number of hydrogen-bond donors (Lipinski definition) is 2. The van der Waals surface area contributed by atoms with Crippen LogP contribution >= 0.6 is 11.6 Å². The number of rotatable bonds is 6. The monoisotopic (exact) mass is 490 g/mol. The first-order valence-electron chi connectivity index (χ1n) is 12.7. The van der Waals surface area contributed by atoms with Gasteiger partial charge in [0, 0.05) is 29.9 Å². The van der Waals surface area contributed by atoms with E-state index in [4.69, 9.17) is 16.3 Å². The summed E-state index contributed by atoms with van der Waals surface area (Å²) in [7, 11) is 0. The number of halogens is 1. The predicted molar refractivity (Wildman–Crippen MR) is 132 cm³/mol. The third-order valence-electron chi connectivity index (χ3n) is 8.44. The molecule has 1 aromatic carbocycles. The predicted octanol–water partition coefficient (Wildman–Crippen LogP) is 4.28. The number of piperidine rings is 1. The van der Waals surface area contributed by atoms with Gasteiger partial charge in [-0.05, 0) is 61.6 Å². The molecule has 2 aliphatic heterocycles. The maximum Gasteiger partial charge on any atom is 0.245 e. The lowest BCUT2D eigenvalue weighted by Crippen LogP contribution is -2.60. The maximum absolute atomic E-state index is 13.5. The molecular weight excluding hydrogens is 452 g/mol. The second kappa shape index (κ2) is 9.44. The number of carbonyl (C=O) groups is 2. The van der Waals surface area contributed by atoms with Gasteiger partial charge in [0.1, 0.15) is 6.04 Å². The van der Waals surface area contributed by atoms with E-state index in [1.807, 2.05) is 44.7 Å². The van der Waals surface area contributed by atoms with Crippen molar-refractivity contribution in [2.45, 2.75) is 83.5 Å². The fraction of sp³-hybridized carbons (Fsp3) is 0.704. The molecule has 0 bridgehead atoms. The second-order valence-electron chi connectivity index (χ2n) is 11.6. The van der Waals surface area contributed by atoms with E-state index in [2.05, 4.69) is 5.32 Å². The Morgan fingerprint density at radius 1 is 1.21 bits per heavy atom. The molecule has 1 spiro atoms. The van der Waals surface area contributed by atoms with Gasteiger partial charge in [-0.1, -0.05) is 51.4 Å². The van der Waals surface area contributed by atoms with Crippen molar-refractivity contribution in [3.05, 3.63) is 34.9 Å². The molecule has 4 rings (SSSR count). The van der Waals surface area contributed by atoms with Crippen molar-refractivity contribution in [3.63, 3.8) is 0 Å². The average Bonchev–Trinajstić information content (AvgIpc) is 3.18. The smallest absolute Gasteiger partial charge is 0.245 e. The average molecular weight is 491 g/mol. The molecule has 0 aromatic heterocycles. The van der Waals surface area contributed by atoms with Gasteiger partial charge >= 0.3 is 0 Å². The number of likely N-dealkylation sites (tertiary alicyclic amines) is 1. The zero-order valence-electron chi connectivity index (χ0n) is 20.9. The van der Waals surface area contributed by atoms with E-state index in [0.29, 0.717) is 36.9 Å². The molecule has 2 heterocycles. The highest BCUT2D eigenvalue weighted by molar-refractivity contribution is 6.30. The Labute approximate surface area is 208 Å². The van der Waals surface area contributed by atoms with Gasteiger partial charge < -0.3 is 20.1 Å². The summed E-state index contributed by atoms with van der Waals surface area (Å²) in [5.74, 6) is 0.176. The topological polar surface area (TPSA) is 78.9 Å². The molecular formula is C27H39ClN2O4. The van der Waals surface area contributed by atoms with E-state index in [0.717, 1.165) is 37.9 Å². The van der Waals surface area contributed by atoms with E-state index in [1.165, 1.54) is 0 Å². The van der Waals surface area contributed by atoms with Crippen LogP contribution in [-0.4, -0.2) is 53.2 Å². The highest BCUT2D eigenvalue weighted by Gasteiger charge is 2.50. The molecule has 2 unspecified atom stereocenters. The number of amides is 2. The molecule has 1 aromatic rings. The van der Waals surface area contributed by atoms with Gasteiger partial charge in [-0.2, -0.15) is 0 Å². The standard InChI is InChI=1S/C27H39ClN2O4/c1-18(2)23(29-22(31)15-19-9-10-26(16-19)12-14-34-26)24(32)30-13-11-27(33,25(3,4)17-30)20-5-7-21(28)8-6-20/h5-8,18-19,23,33H,9-17H2,1-4H3,(H,29,31)/t19?,23-,26?,27+/m1/s1. The SMILES string of the molecule is CC(C)[C@@H](NC(=O)CC1CCC2(CCO2)C1)C(=O)N1CC[C@](O)(c2ccc(Cl)cc2)C(C)(C)C1. The summed E-state index contributed by atoms with van der Waals surface area (Å²) in [4.78, 5) is 28.2. The quantitative estimate of drug-likeness (QED) is 0.624. The normalized spacial score (nSPS) is 31.4. The molecule has 188 valence electrons. The summed E-state index contributed by atoms with van der Waals surface area (Å²) >= 11 is 6.04. The van der Waals surface area contributed by atoms with Gasteiger partial charge in [-0.3, -0.25) is 9.59 Å².